The van der Waals surface area contributed by atoms with Gasteiger partial charge < -0.3 is 0 Å². The molecule has 0 heterocycles. The van der Waals surface area contributed by atoms with Crippen LogP contribution in [-0.2, 0) is 4.57 Å². The molecule has 0 aromatic rings. The van der Waals surface area contributed by atoms with Gasteiger partial charge in [-0.05, 0) is 0 Å². The van der Waals surface area contributed by atoms with E-state index in [1.54, 1.807) is 0 Å². The summed E-state index contributed by atoms with van der Waals surface area (Å²) in [5.74, 6) is 0. The third kappa shape index (κ3) is 21.4. The second-order valence-corrected chi connectivity index (χ2v) is 30.0. The first-order valence-corrected chi connectivity index (χ1v) is 10.8. The van der Waals surface area contributed by atoms with Crippen LogP contribution in [0.2, 0.25) is 0 Å². The average molecular weight is 428 g/mol. The zero-order valence-corrected chi connectivity index (χ0v) is 9.36. The summed E-state index contributed by atoms with van der Waals surface area (Å²) in [6, 6.07) is 0. The molecule has 1 nitrogen and oxygen atoms in total. The summed E-state index contributed by atoms with van der Waals surface area (Å²) in [6.07, 6.45) is 0. The van der Waals surface area contributed by atoms with Gasteiger partial charge in [0.05, 0.1) is 0 Å². The van der Waals surface area contributed by atoms with Crippen molar-refractivity contribution >= 4 is 66.2 Å². The summed E-state index contributed by atoms with van der Waals surface area (Å²) < 4.78 is 8.45. The van der Waals surface area contributed by atoms with E-state index in [4.69, 9.17) is 0 Å². The molecule has 0 aliphatic heterocycles. The van der Waals surface area contributed by atoms with Crippen LogP contribution in [0, 0.1) is 0 Å². The van der Waals surface area contributed by atoms with Crippen molar-refractivity contribution in [3.05, 3.63) is 0 Å². The second-order valence-electron chi connectivity index (χ2n) is 0.399. The van der Waals surface area contributed by atoms with Crippen LogP contribution in [0.5, 0.6) is 0 Å². The fourth-order valence-electron chi connectivity index (χ4n) is 0. The molecule has 0 atom stereocenters. The molecule has 0 aromatic carbocycles. The number of halogens is 3. The Morgan fingerprint density at radius 3 is 1.20 bits per heavy atom. The van der Waals surface area contributed by atoms with Gasteiger partial charge in [-0.3, -0.25) is 4.57 Å². The zero-order valence-electron chi connectivity index (χ0n) is 1.99. The van der Waals surface area contributed by atoms with E-state index >= 15 is 0 Å². The largest absolute Gasteiger partial charge is 0.291 e. The lowest BCUT2D eigenvalue weighted by molar-refractivity contribution is 0.604. The van der Waals surface area contributed by atoms with Gasteiger partial charge >= 0.3 is 0 Å². The summed E-state index contributed by atoms with van der Waals surface area (Å²) in [5.41, 5.74) is 0. The lowest BCUT2D eigenvalue weighted by atomic mass is 16.0. The van der Waals surface area contributed by atoms with E-state index in [1.165, 1.54) is 0 Å². The summed E-state index contributed by atoms with van der Waals surface area (Å²) in [7, 11) is 0. The summed E-state index contributed by atoms with van der Waals surface area (Å²) in [4.78, 5) is 0. The van der Waals surface area contributed by atoms with Crippen LogP contribution in [0.15, 0.2) is 0 Å². The van der Waals surface area contributed by atoms with Crippen molar-refractivity contribution in [2.24, 2.45) is 0 Å². The molecule has 0 spiro atoms. The highest BCUT2D eigenvalue weighted by molar-refractivity contribution is 14.4. The van der Waals surface area contributed by atoms with Crippen molar-refractivity contribution in [3.63, 3.8) is 0 Å². The molecule has 5 heteroatoms. The van der Waals surface area contributed by atoms with Gasteiger partial charge in [0.1, 0.15) is 0 Å². The molecule has 0 fully saturated rings. The lowest BCUT2D eigenvalue weighted by Crippen LogP contribution is -1.12. The summed E-state index contributed by atoms with van der Waals surface area (Å²) in [6.45, 7) is 0. The highest BCUT2D eigenvalue weighted by Gasteiger charge is 1.99. The highest BCUT2D eigenvalue weighted by atomic mass is 127. The molecular formula is I3OP. The van der Waals surface area contributed by atoms with Crippen LogP contribution in [0.25, 0.3) is 0 Å². The molecule has 0 N–H and O–H groups in total. The maximum atomic E-state index is 10.2. The Hall–Kier alpha value is 2.42. The lowest BCUT2D eigenvalue weighted by Gasteiger charge is -1.77. The van der Waals surface area contributed by atoms with Crippen LogP contribution >= 0.6 is 66.2 Å². The maximum Gasteiger partial charge on any atom is 0.252 e. The molecular weight excluding hydrogens is 428 g/mol. The monoisotopic (exact) mass is 428 g/mol. The summed E-state index contributed by atoms with van der Waals surface area (Å²) >= 11 is 5.72. The van der Waals surface area contributed by atoms with Crippen LogP contribution < -0.4 is 0 Å². The predicted molar refractivity (Wildman–Crippen MR) is 49.7 cm³/mol. The van der Waals surface area contributed by atoms with Gasteiger partial charge in [0, 0.05) is 66.1 Å². The first-order chi connectivity index (χ1) is 2.00. The maximum absolute atomic E-state index is 10.2. The third-order valence-electron chi connectivity index (χ3n) is 0. The molecule has 0 unspecified atom stereocenters. The van der Waals surface area contributed by atoms with E-state index in [0.717, 1.165) is 0 Å². The van der Waals surface area contributed by atoms with Crippen molar-refractivity contribution in [1.82, 2.24) is 0 Å². The van der Waals surface area contributed by atoms with Crippen LogP contribution in [-0.4, -0.2) is 0 Å². The van der Waals surface area contributed by atoms with Crippen molar-refractivity contribution in [3.8, 4) is 0 Å². The molecule has 0 saturated heterocycles. The van der Waals surface area contributed by atoms with E-state index in [9.17, 15) is 4.57 Å². The SMILES string of the molecule is O=P(I)(I)I. The quantitative estimate of drug-likeness (QED) is 0.428. The van der Waals surface area contributed by atoms with Gasteiger partial charge in [-0.15, -0.1) is 0 Å². The normalized spacial score (nSPS) is 11.8. The van der Waals surface area contributed by atoms with Gasteiger partial charge in [0.25, 0.3) is 0.0694 Å². The molecule has 0 aromatic heterocycles. The highest BCUT2D eigenvalue weighted by Crippen LogP contribution is 2.70. The molecule has 32 valence electrons. The van der Waals surface area contributed by atoms with E-state index in [1.807, 2.05) is 66.1 Å². The van der Waals surface area contributed by atoms with E-state index < -0.39 is 0.0694 Å². The van der Waals surface area contributed by atoms with Gasteiger partial charge in [0.2, 0.25) is 0 Å². The minimum Gasteiger partial charge on any atom is -0.291 e. The third-order valence-corrected chi connectivity index (χ3v) is 0. The molecule has 0 amide bonds. The number of hydrogen-bond acceptors (Lipinski definition) is 1. The molecule has 0 radical (unpaired) electrons. The van der Waals surface area contributed by atoms with Gasteiger partial charge in [-0.1, -0.05) is 0 Å². The Labute approximate surface area is 69.5 Å². The van der Waals surface area contributed by atoms with Crippen LogP contribution in [0.1, 0.15) is 0 Å². The minimum atomic E-state index is -1.73. The minimum absolute atomic E-state index is 1.73. The Bertz CT molecular complexity index is 53.0. The first kappa shape index (κ1) is 7.42. The van der Waals surface area contributed by atoms with E-state index in [0.29, 0.717) is 0 Å². The predicted octanol–water partition coefficient (Wildman–Crippen LogP) is 3.40. The molecule has 0 saturated carbocycles. The zero-order chi connectivity index (χ0) is 4.50. The van der Waals surface area contributed by atoms with E-state index in [2.05, 4.69) is 0 Å². The fourth-order valence-corrected chi connectivity index (χ4v) is 0. The van der Waals surface area contributed by atoms with Crippen molar-refractivity contribution in [2.75, 3.05) is 0 Å². The van der Waals surface area contributed by atoms with E-state index in [-0.39, 0.29) is 0 Å². The number of rotatable bonds is 0. The Kier molecular flexibility index (Phi) is 3.95. The van der Waals surface area contributed by atoms with Crippen molar-refractivity contribution < 1.29 is 4.57 Å². The molecule has 0 aliphatic carbocycles. The second kappa shape index (κ2) is 2.66. The smallest absolute Gasteiger partial charge is 0.252 e. The standard InChI is InChI=1S/I3OP/c1-5(2,3)4. The Balaban J connectivity index is 3.47. The Morgan fingerprint density at radius 1 is 1.20 bits per heavy atom. The van der Waals surface area contributed by atoms with Crippen molar-refractivity contribution in [1.29, 1.82) is 0 Å². The number of hydrogen-bond donors (Lipinski definition) is 0. The van der Waals surface area contributed by atoms with Crippen molar-refractivity contribution in [2.45, 2.75) is 0 Å². The summed E-state index contributed by atoms with van der Waals surface area (Å²) in [5, 5.41) is 0. The van der Waals surface area contributed by atoms with Gasteiger partial charge in [-0.25, -0.2) is 0 Å². The first-order valence-electron chi connectivity index (χ1n) is 0.690. The Morgan fingerprint density at radius 2 is 1.20 bits per heavy atom. The average Bonchev–Trinajstić information content (AvgIpc) is 0.722. The molecule has 0 rings (SSSR count). The van der Waals surface area contributed by atoms with Gasteiger partial charge in [0.15, 0.2) is 0 Å². The fraction of sp³-hybridized carbons (Fsp3) is 0. The van der Waals surface area contributed by atoms with Gasteiger partial charge in [-0.2, -0.15) is 0 Å². The topological polar surface area (TPSA) is 17.1 Å². The molecule has 5 heavy (non-hydrogen) atoms. The molecule has 0 bridgehead atoms. The van der Waals surface area contributed by atoms with Crippen LogP contribution in [0.4, 0.5) is 0 Å². The van der Waals surface area contributed by atoms with Crippen LogP contribution in [0.3, 0.4) is 0 Å². The molecule has 0 aliphatic rings.